The van der Waals surface area contributed by atoms with Gasteiger partial charge < -0.3 is 5.21 Å². The molecule has 9 nitrogen and oxygen atoms in total. The molecular weight excluding hydrogens is 328 g/mol. The maximum Gasteiger partial charge on any atom is 0.311 e. The van der Waals surface area contributed by atoms with E-state index in [0.29, 0.717) is 4.73 Å². The first-order chi connectivity index (χ1) is 12.0. The lowest BCUT2D eigenvalue weighted by Gasteiger charge is -2.07. The van der Waals surface area contributed by atoms with Gasteiger partial charge in [0.15, 0.2) is 0 Å². The number of nitrogens with zero attached hydrogens (tertiary/aromatic N) is 4. The van der Waals surface area contributed by atoms with Crippen LogP contribution >= 0.6 is 0 Å². The second kappa shape index (κ2) is 6.32. The zero-order valence-corrected chi connectivity index (χ0v) is 12.6. The van der Waals surface area contributed by atoms with Gasteiger partial charge in [0.2, 0.25) is 11.2 Å². The van der Waals surface area contributed by atoms with Crippen molar-refractivity contribution in [2.24, 2.45) is 10.2 Å². The number of hydrogen-bond donors (Lipinski definition) is 1. The Labute approximate surface area is 139 Å². The van der Waals surface area contributed by atoms with E-state index in [1.165, 1.54) is 36.4 Å². The minimum absolute atomic E-state index is 0.00397. The van der Waals surface area contributed by atoms with Crippen molar-refractivity contribution < 1.29 is 14.9 Å². The van der Waals surface area contributed by atoms with Gasteiger partial charge in [0, 0.05) is 5.56 Å². The summed E-state index contributed by atoms with van der Waals surface area (Å²) in [6.07, 6.45) is 0. The highest BCUT2D eigenvalue weighted by Gasteiger charge is 2.25. The standard InChI is InChI=1S/C16H10N4O5/c21-16(10-6-2-1-3-7-10)17-15-13(18-22)14(20(24)25)11-8-4-5-9-12(11)19(15)23/h1-9,23H. The van der Waals surface area contributed by atoms with Crippen LogP contribution in [0.4, 0.5) is 11.4 Å². The fourth-order valence-corrected chi connectivity index (χ4v) is 2.42. The molecule has 1 aromatic heterocycles. The number of nitro groups is 1. The van der Waals surface area contributed by atoms with Crippen LogP contribution in [0.2, 0.25) is 0 Å². The predicted molar refractivity (Wildman–Crippen MR) is 87.6 cm³/mol. The zero-order chi connectivity index (χ0) is 18.0. The van der Waals surface area contributed by atoms with E-state index in [2.05, 4.69) is 10.2 Å². The zero-order valence-electron chi connectivity index (χ0n) is 12.6. The van der Waals surface area contributed by atoms with Gasteiger partial charge in [-0.3, -0.25) is 14.9 Å². The first kappa shape index (κ1) is 16.0. The third kappa shape index (κ3) is 2.74. The van der Waals surface area contributed by atoms with E-state index in [1.54, 1.807) is 18.2 Å². The number of carbonyl (C=O) groups is 1. The summed E-state index contributed by atoms with van der Waals surface area (Å²) >= 11 is 0. The molecule has 124 valence electrons. The molecule has 0 spiro atoms. The Morgan fingerprint density at radius 1 is 1.08 bits per heavy atom. The number of hydrogen-bond acceptors (Lipinski definition) is 6. The van der Waals surface area contributed by atoms with Crippen molar-refractivity contribution in [1.82, 2.24) is 4.73 Å². The van der Waals surface area contributed by atoms with Crippen LogP contribution < -0.4 is 5.49 Å². The van der Waals surface area contributed by atoms with Crippen molar-refractivity contribution in [2.75, 3.05) is 0 Å². The molecule has 0 aliphatic carbocycles. The summed E-state index contributed by atoms with van der Waals surface area (Å²) in [6.45, 7) is 0. The Bertz CT molecular complexity index is 1070. The van der Waals surface area contributed by atoms with Crippen LogP contribution in [0.25, 0.3) is 10.9 Å². The van der Waals surface area contributed by atoms with Gasteiger partial charge in [0.25, 0.3) is 5.91 Å². The van der Waals surface area contributed by atoms with E-state index in [0.717, 1.165) is 0 Å². The molecule has 0 saturated heterocycles. The summed E-state index contributed by atoms with van der Waals surface area (Å²) in [4.78, 5) is 37.7. The molecule has 3 aromatic rings. The first-order valence-corrected chi connectivity index (χ1v) is 7.03. The monoisotopic (exact) mass is 338 g/mol. The van der Waals surface area contributed by atoms with Gasteiger partial charge in [-0.2, -0.15) is 9.72 Å². The summed E-state index contributed by atoms with van der Waals surface area (Å²) in [5, 5.41) is 24.3. The van der Waals surface area contributed by atoms with Crippen LogP contribution in [0.1, 0.15) is 10.4 Å². The Kier molecular flexibility index (Phi) is 4.04. The average Bonchev–Trinajstić information content (AvgIpc) is 2.64. The Hall–Kier alpha value is -3.88. The van der Waals surface area contributed by atoms with Gasteiger partial charge >= 0.3 is 5.69 Å². The molecule has 0 aliphatic heterocycles. The van der Waals surface area contributed by atoms with Crippen LogP contribution in [0.3, 0.4) is 0 Å². The van der Waals surface area contributed by atoms with E-state index in [-0.39, 0.29) is 16.5 Å². The number of benzene rings is 2. The molecule has 0 saturated carbocycles. The van der Waals surface area contributed by atoms with Crippen LogP contribution in [0, 0.1) is 15.0 Å². The number of amides is 1. The number of pyridine rings is 1. The lowest BCUT2D eigenvalue weighted by molar-refractivity contribution is -0.382. The molecular formula is C16H10N4O5. The fraction of sp³-hybridized carbons (Fsp3) is 0. The normalized spacial score (nSPS) is 11.4. The summed E-state index contributed by atoms with van der Waals surface area (Å²) < 4.78 is 0.444. The molecule has 0 aliphatic rings. The minimum atomic E-state index is -0.801. The predicted octanol–water partition coefficient (Wildman–Crippen LogP) is 2.93. The molecule has 0 bridgehead atoms. The van der Waals surface area contributed by atoms with Gasteiger partial charge in [-0.15, -0.1) is 4.91 Å². The number of nitroso groups, excluding NO2 is 1. The third-order valence-corrected chi connectivity index (χ3v) is 3.53. The summed E-state index contributed by atoms with van der Waals surface area (Å²) in [7, 11) is 0. The van der Waals surface area contributed by atoms with E-state index < -0.39 is 27.7 Å². The first-order valence-electron chi connectivity index (χ1n) is 7.03. The van der Waals surface area contributed by atoms with Crippen LogP contribution in [0.15, 0.2) is 64.8 Å². The van der Waals surface area contributed by atoms with Crippen molar-refractivity contribution in [3.63, 3.8) is 0 Å². The molecule has 1 amide bonds. The second-order valence-corrected chi connectivity index (χ2v) is 4.98. The van der Waals surface area contributed by atoms with Gasteiger partial charge in [-0.1, -0.05) is 30.3 Å². The highest BCUT2D eigenvalue weighted by Crippen LogP contribution is 2.31. The van der Waals surface area contributed by atoms with E-state index in [4.69, 9.17) is 0 Å². The highest BCUT2D eigenvalue weighted by molar-refractivity contribution is 5.96. The average molecular weight is 338 g/mol. The van der Waals surface area contributed by atoms with Crippen molar-refractivity contribution >= 4 is 28.2 Å². The van der Waals surface area contributed by atoms with Crippen molar-refractivity contribution in [1.29, 1.82) is 0 Å². The van der Waals surface area contributed by atoms with E-state index >= 15 is 0 Å². The van der Waals surface area contributed by atoms with Crippen LogP contribution in [-0.2, 0) is 0 Å². The van der Waals surface area contributed by atoms with Crippen molar-refractivity contribution in [3.05, 3.63) is 80.7 Å². The molecule has 25 heavy (non-hydrogen) atoms. The number of para-hydroxylation sites is 1. The Morgan fingerprint density at radius 3 is 2.36 bits per heavy atom. The van der Waals surface area contributed by atoms with Gasteiger partial charge in [0.1, 0.15) is 0 Å². The molecule has 1 heterocycles. The van der Waals surface area contributed by atoms with E-state index in [9.17, 15) is 25.0 Å². The van der Waals surface area contributed by atoms with Gasteiger partial charge in [-0.05, 0) is 29.4 Å². The Balaban J connectivity index is 2.40. The number of fused-ring (bicyclic) bond motifs is 1. The van der Waals surface area contributed by atoms with Crippen LogP contribution in [0.5, 0.6) is 0 Å². The lowest BCUT2D eigenvalue weighted by Crippen LogP contribution is -2.22. The Morgan fingerprint density at radius 2 is 1.72 bits per heavy atom. The van der Waals surface area contributed by atoms with Gasteiger partial charge in [-0.25, -0.2) is 0 Å². The molecule has 0 atom stereocenters. The maximum absolute atomic E-state index is 12.2. The van der Waals surface area contributed by atoms with Crippen molar-refractivity contribution in [2.45, 2.75) is 0 Å². The topological polar surface area (TPSA) is 127 Å². The highest BCUT2D eigenvalue weighted by atomic mass is 16.6. The van der Waals surface area contributed by atoms with E-state index in [1.807, 2.05) is 0 Å². The minimum Gasteiger partial charge on any atom is -0.426 e. The maximum atomic E-state index is 12.2. The van der Waals surface area contributed by atoms with Crippen LogP contribution in [-0.4, -0.2) is 20.8 Å². The molecule has 3 rings (SSSR count). The number of rotatable bonds is 3. The summed E-state index contributed by atoms with van der Waals surface area (Å²) in [6, 6.07) is 13.7. The molecule has 0 radical (unpaired) electrons. The van der Waals surface area contributed by atoms with Gasteiger partial charge in [0.05, 0.1) is 15.8 Å². The molecule has 9 heteroatoms. The summed E-state index contributed by atoms with van der Waals surface area (Å²) in [5.74, 6) is -0.780. The third-order valence-electron chi connectivity index (χ3n) is 3.53. The van der Waals surface area contributed by atoms with Crippen molar-refractivity contribution in [3.8, 4) is 0 Å². The fourth-order valence-electron chi connectivity index (χ4n) is 2.42. The molecule has 2 aromatic carbocycles. The quantitative estimate of drug-likeness (QED) is 0.340. The largest absolute Gasteiger partial charge is 0.426 e. The molecule has 1 N–H and O–H groups in total. The summed E-state index contributed by atoms with van der Waals surface area (Å²) in [5.41, 5.74) is -1.75. The molecule has 0 unspecified atom stereocenters. The smallest absolute Gasteiger partial charge is 0.311 e. The second-order valence-electron chi connectivity index (χ2n) is 4.98. The number of aromatic nitrogens is 1. The molecule has 0 fully saturated rings. The number of carbonyl (C=O) groups excluding carboxylic acids is 1. The lowest BCUT2D eigenvalue weighted by atomic mass is 10.1. The SMILES string of the molecule is O=Nc1c([N+](=O)[O-])c2ccccc2n(O)c1=NC(=O)c1ccccc1.